The van der Waals surface area contributed by atoms with Gasteiger partial charge in [0.25, 0.3) is 0 Å². The standard InChI is InChI=1S/C17H29NO/c1-7-8-9-19-16-13(2)10-15(11-14(16)3)12-18-17(4,5)6/h10-11,18H,7-9,12H2,1-6H3. The molecule has 2 heteroatoms. The largest absolute Gasteiger partial charge is 0.493 e. The molecule has 0 fully saturated rings. The van der Waals surface area contributed by atoms with E-state index in [1.807, 2.05) is 0 Å². The Labute approximate surface area is 118 Å². The van der Waals surface area contributed by atoms with Gasteiger partial charge in [0.2, 0.25) is 0 Å². The highest BCUT2D eigenvalue weighted by atomic mass is 16.5. The third-order valence-corrected chi connectivity index (χ3v) is 3.09. The van der Waals surface area contributed by atoms with E-state index in [-0.39, 0.29) is 5.54 Å². The molecule has 0 aromatic heterocycles. The molecule has 0 aliphatic heterocycles. The van der Waals surface area contributed by atoms with Crippen molar-refractivity contribution >= 4 is 0 Å². The number of aryl methyl sites for hydroxylation is 2. The number of ether oxygens (including phenoxy) is 1. The van der Waals surface area contributed by atoms with Crippen molar-refractivity contribution in [3.63, 3.8) is 0 Å². The molecule has 0 radical (unpaired) electrons. The maximum atomic E-state index is 5.89. The second kappa shape index (κ2) is 6.95. The normalized spacial score (nSPS) is 11.7. The Morgan fingerprint density at radius 3 is 2.16 bits per heavy atom. The van der Waals surface area contributed by atoms with Crippen molar-refractivity contribution < 1.29 is 4.74 Å². The van der Waals surface area contributed by atoms with Crippen LogP contribution < -0.4 is 10.1 Å². The Morgan fingerprint density at radius 2 is 1.68 bits per heavy atom. The topological polar surface area (TPSA) is 21.3 Å². The summed E-state index contributed by atoms with van der Waals surface area (Å²) in [5, 5.41) is 3.52. The van der Waals surface area contributed by atoms with E-state index in [0.29, 0.717) is 0 Å². The molecule has 0 heterocycles. The number of unbranched alkanes of at least 4 members (excludes halogenated alkanes) is 1. The van der Waals surface area contributed by atoms with Crippen molar-refractivity contribution in [2.75, 3.05) is 6.61 Å². The van der Waals surface area contributed by atoms with Crippen LogP contribution in [0.2, 0.25) is 0 Å². The third kappa shape index (κ3) is 5.65. The van der Waals surface area contributed by atoms with Crippen LogP contribution in [0.4, 0.5) is 0 Å². The Morgan fingerprint density at radius 1 is 1.11 bits per heavy atom. The summed E-state index contributed by atoms with van der Waals surface area (Å²) in [7, 11) is 0. The van der Waals surface area contributed by atoms with E-state index < -0.39 is 0 Å². The zero-order valence-corrected chi connectivity index (χ0v) is 13.4. The van der Waals surface area contributed by atoms with E-state index in [4.69, 9.17) is 4.74 Å². The quantitative estimate of drug-likeness (QED) is 0.769. The average Bonchev–Trinajstić information content (AvgIpc) is 2.29. The second-order valence-electron chi connectivity index (χ2n) is 6.36. The fourth-order valence-electron chi connectivity index (χ4n) is 2.06. The van der Waals surface area contributed by atoms with Gasteiger partial charge in [-0.3, -0.25) is 0 Å². The first kappa shape index (κ1) is 16.0. The van der Waals surface area contributed by atoms with Gasteiger partial charge in [0.05, 0.1) is 6.61 Å². The van der Waals surface area contributed by atoms with Gasteiger partial charge in [-0.15, -0.1) is 0 Å². The number of hydrogen-bond donors (Lipinski definition) is 1. The molecular formula is C17H29NO. The summed E-state index contributed by atoms with van der Waals surface area (Å²) < 4.78 is 5.89. The van der Waals surface area contributed by atoms with Crippen molar-refractivity contribution in [1.29, 1.82) is 0 Å². The Kier molecular flexibility index (Phi) is 5.86. The van der Waals surface area contributed by atoms with Gasteiger partial charge in [0, 0.05) is 12.1 Å². The lowest BCUT2D eigenvalue weighted by Gasteiger charge is -2.21. The van der Waals surface area contributed by atoms with Crippen molar-refractivity contribution in [3.05, 3.63) is 28.8 Å². The van der Waals surface area contributed by atoms with Crippen LogP contribution in [0.3, 0.4) is 0 Å². The van der Waals surface area contributed by atoms with Crippen LogP contribution in [0.25, 0.3) is 0 Å². The summed E-state index contributed by atoms with van der Waals surface area (Å²) in [5.41, 5.74) is 3.95. The smallest absolute Gasteiger partial charge is 0.125 e. The van der Waals surface area contributed by atoms with Crippen molar-refractivity contribution in [2.24, 2.45) is 0 Å². The van der Waals surface area contributed by atoms with E-state index in [9.17, 15) is 0 Å². The Bertz CT molecular complexity index is 381. The molecule has 0 unspecified atom stereocenters. The number of benzene rings is 1. The molecule has 0 atom stereocenters. The molecule has 0 spiro atoms. The summed E-state index contributed by atoms with van der Waals surface area (Å²) in [4.78, 5) is 0. The molecule has 1 N–H and O–H groups in total. The zero-order valence-electron chi connectivity index (χ0n) is 13.4. The van der Waals surface area contributed by atoms with Crippen LogP contribution in [-0.2, 0) is 6.54 Å². The molecule has 0 aliphatic carbocycles. The predicted octanol–water partition coefficient (Wildman–Crippen LogP) is 4.37. The average molecular weight is 263 g/mol. The summed E-state index contributed by atoms with van der Waals surface area (Å²) in [6.45, 7) is 14.7. The van der Waals surface area contributed by atoms with Crippen LogP contribution in [0.1, 0.15) is 57.2 Å². The van der Waals surface area contributed by atoms with Gasteiger partial charge in [-0.2, -0.15) is 0 Å². The van der Waals surface area contributed by atoms with Gasteiger partial charge in [-0.25, -0.2) is 0 Å². The highest BCUT2D eigenvalue weighted by molar-refractivity contribution is 5.43. The van der Waals surface area contributed by atoms with E-state index in [1.54, 1.807) is 0 Å². The lowest BCUT2D eigenvalue weighted by atomic mass is 10.0. The third-order valence-electron chi connectivity index (χ3n) is 3.09. The maximum absolute atomic E-state index is 5.89. The highest BCUT2D eigenvalue weighted by Crippen LogP contribution is 2.25. The summed E-state index contributed by atoms with van der Waals surface area (Å²) in [6.07, 6.45) is 2.29. The van der Waals surface area contributed by atoms with Crippen LogP contribution >= 0.6 is 0 Å². The van der Waals surface area contributed by atoms with Crippen LogP contribution in [-0.4, -0.2) is 12.1 Å². The molecule has 1 aromatic carbocycles. The first-order chi connectivity index (χ1) is 8.83. The van der Waals surface area contributed by atoms with Crippen molar-refractivity contribution in [2.45, 2.75) is 66.5 Å². The van der Waals surface area contributed by atoms with E-state index >= 15 is 0 Å². The van der Waals surface area contributed by atoms with Gasteiger partial charge in [0.15, 0.2) is 0 Å². The van der Waals surface area contributed by atoms with E-state index in [1.165, 1.54) is 23.1 Å². The van der Waals surface area contributed by atoms with Crippen LogP contribution in [0, 0.1) is 13.8 Å². The minimum absolute atomic E-state index is 0.151. The highest BCUT2D eigenvalue weighted by Gasteiger charge is 2.10. The number of nitrogens with one attached hydrogen (secondary N) is 1. The first-order valence-corrected chi connectivity index (χ1v) is 7.31. The summed E-state index contributed by atoms with van der Waals surface area (Å²) >= 11 is 0. The molecule has 0 amide bonds. The monoisotopic (exact) mass is 263 g/mol. The van der Waals surface area contributed by atoms with Gasteiger partial charge in [-0.1, -0.05) is 25.5 Å². The SMILES string of the molecule is CCCCOc1c(C)cc(CNC(C)(C)C)cc1C. The number of rotatable bonds is 6. The molecule has 0 aliphatic rings. The summed E-state index contributed by atoms with van der Waals surface area (Å²) in [5.74, 6) is 1.06. The van der Waals surface area contributed by atoms with Crippen LogP contribution in [0.5, 0.6) is 5.75 Å². The predicted molar refractivity (Wildman–Crippen MR) is 82.9 cm³/mol. The molecule has 108 valence electrons. The number of hydrogen-bond acceptors (Lipinski definition) is 2. The van der Waals surface area contributed by atoms with Gasteiger partial charge < -0.3 is 10.1 Å². The fourth-order valence-corrected chi connectivity index (χ4v) is 2.06. The van der Waals surface area contributed by atoms with Gasteiger partial charge in [-0.05, 0) is 57.7 Å². The Hall–Kier alpha value is -1.02. The minimum Gasteiger partial charge on any atom is -0.493 e. The molecule has 0 saturated carbocycles. The molecular weight excluding hydrogens is 234 g/mol. The Balaban J connectivity index is 2.73. The lowest BCUT2D eigenvalue weighted by Crippen LogP contribution is -2.35. The van der Waals surface area contributed by atoms with Gasteiger partial charge in [0.1, 0.15) is 5.75 Å². The maximum Gasteiger partial charge on any atom is 0.125 e. The van der Waals surface area contributed by atoms with Crippen LogP contribution in [0.15, 0.2) is 12.1 Å². The molecule has 0 bridgehead atoms. The van der Waals surface area contributed by atoms with Gasteiger partial charge >= 0.3 is 0 Å². The molecule has 2 nitrogen and oxygen atoms in total. The second-order valence-corrected chi connectivity index (χ2v) is 6.36. The van der Waals surface area contributed by atoms with E-state index in [0.717, 1.165) is 25.3 Å². The minimum atomic E-state index is 0.151. The molecule has 1 aromatic rings. The lowest BCUT2D eigenvalue weighted by molar-refractivity contribution is 0.305. The van der Waals surface area contributed by atoms with Crippen molar-refractivity contribution in [1.82, 2.24) is 5.32 Å². The van der Waals surface area contributed by atoms with E-state index in [2.05, 4.69) is 59.0 Å². The fraction of sp³-hybridized carbons (Fsp3) is 0.647. The molecule has 0 saturated heterocycles. The van der Waals surface area contributed by atoms with Crippen molar-refractivity contribution in [3.8, 4) is 5.75 Å². The zero-order chi connectivity index (χ0) is 14.5. The molecule has 1 rings (SSSR count). The molecule has 19 heavy (non-hydrogen) atoms. The summed E-state index contributed by atoms with van der Waals surface area (Å²) in [6, 6.07) is 4.46. The first-order valence-electron chi connectivity index (χ1n) is 7.31.